The number of hydrogen-bond donors (Lipinski definition) is 2. The number of ether oxygens (including phenoxy) is 2. The molecule has 0 aromatic heterocycles. The molecule has 0 heterocycles. The molecule has 2 N–H and O–H groups in total. The van der Waals surface area contributed by atoms with E-state index in [4.69, 9.17) is 21.1 Å². The summed E-state index contributed by atoms with van der Waals surface area (Å²) in [6.45, 7) is 4.49. The average Bonchev–Trinajstić information content (AvgIpc) is 2.79. The molecule has 0 amide bonds. The second-order valence-corrected chi connectivity index (χ2v) is 7.69. The first-order chi connectivity index (χ1) is 15.5. The summed E-state index contributed by atoms with van der Waals surface area (Å²) >= 11 is 6.09. The van der Waals surface area contributed by atoms with E-state index in [9.17, 15) is 10.1 Å². The second kappa shape index (κ2) is 11.4. The van der Waals surface area contributed by atoms with E-state index in [1.54, 1.807) is 13.2 Å². The maximum absolute atomic E-state index is 10.8. The van der Waals surface area contributed by atoms with Gasteiger partial charge in [-0.15, -0.1) is 0 Å². The van der Waals surface area contributed by atoms with Crippen molar-refractivity contribution in [1.29, 1.82) is 0 Å². The first kappa shape index (κ1) is 23.4. The van der Waals surface area contributed by atoms with Crippen LogP contribution in [0.5, 0.6) is 11.5 Å². The average molecular weight is 456 g/mol. The molecule has 0 unspecified atom stereocenters. The third-order valence-electron chi connectivity index (χ3n) is 4.85. The van der Waals surface area contributed by atoms with Crippen molar-refractivity contribution in [3.05, 3.63) is 92.5 Å². The molecule has 0 aliphatic rings. The molecular formula is C24H26ClN3O4. The van der Waals surface area contributed by atoms with Crippen LogP contribution in [0.25, 0.3) is 0 Å². The van der Waals surface area contributed by atoms with E-state index in [1.807, 2.05) is 18.2 Å². The van der Waals surface area contributed by atoms with Crippen molar-refractivity contribution in [2.75, 3.05) is 25.5 Å². The monoisotopic (exact) mass is 455 g/mol. The van der Waals surface area contributed by atoms with Gasteiger partial charge in [0.1, 0.15) is 6.61 Å². The van der Waals surface area contributed by atoms with E-state index >= 15 is 0 Å². The summed E-state index contributed by atoms with van der Waals surface area (Å²) in [5.74, 6) is 1.39. The van der Waals surface area contributed by atoms with Crippen LogP contribution in [0, 0.1) is 17.0 Å². The molecular weight excluding hydrogens is 430 g/mol. The zero-order chi connectivity index (χ0) is 22.9. The molecule has 0 spiro atoms. The minimum Gasteiger partial charge on any atom is -0.493 e. The maximum Gasteiger partial charge on any atom is 0.271 e. The molecule has 168 valence electrons. The minimum atomic E-state index is -0.468. The van der Waals surface area contributed by atoms with Gasteiger partial charge in [0.2, 0.25) is 0 Å². The van der Waals surface area contributed by atoms with Crippen molar-refractivity contribution < 1.29 is 14.4 Å². The van der Waals surface area contributed by atoms with Crippen LogP contribution >= 0.6 is 11.6 Å². The van der Waals surface area contributed by atoms with Crippen LogP contribution in [0.15, 0.2) is 60.7 Å². The van der Waals surface area contributed by atoms with E-state index < -0.39 is 4.92 Å². The Hall–Kier alpha value is -3.29. The number of rotatable bonds is 11. The molecule has 0 aliphatic carbocycles. The standard InChI is InChI=1S/C24H26ClN3O4/c1-17-3-5-18(6-4-17)16-32-23-10-7-19(13-24(23)31-2)15-26-11-12-27-22-9-8-20(28(29)30)14-21(22)25/h3-10,13-14,26-27H,11-12,15-16H2,1-2H3. The predicted molar refractivity (Wildman–Crippen MR) is 127 cm³/mol. The topological polar surface area (TPSA) is 85.7 Å². The zero-order valence-corrected chi connectivity index (χ0v) is 18.8. The lowest BCUT2D eigenvalue weighted by molar-refractivity contribution is -0.384. The Labute approximate surface area is 192 Å². The number of non-ortho nitro benzene ring substituents is 1. The number of nitrogens with one attached hydrogen (secondary N) is 2. The van der Waals surface area contributed by atoms with Gasteiger partial charge in [0.25, 0.3) is 5.69 Å². The SMILES string of the molecule is COc1cc(CNCCNc2ccc([N+](=O)[O-])cc2Cl)ccc1OCc1ccc(C)cc1. The number of anilines is 1. The van der Waals surface area contributed by atoms with Gasteiger partial charge in [0, 0.05) is 31.8 Å². The van der Waals surface area contributed by atoms with Crippen LogP contribution in [0.4, 0.5) is 11.4 Å². The number of halogens is 1. The Morgan fingerprint density at radius 1 is 0.969 bits per heavy atom. The number of aryl methyl sites for hydroxylation is 1. The van der Waals surface area contributed by atoms with Crippen LogP contribution in [-0.2, 0) is 13.2 Å². The van der Waals surface area contributed by atoms with Gasteiger partial charge in [-0.1, -0.05) is 47.5 Å². The van der Waals surface area contributed by atoms with E-state index in [0.29, 0.717) is 48.5 Å². The number of hydrogen-bond acceptors (Lipinski definition) is 6. The highest BCUT2D eigenvalue weighted by Crippen LogP contribution is 2.29. The third-order valence-corrected chi connectivity index (χ3v) is 5.17. The van der Waals surface area contributed by atoms with Crippen molar-refractivity contribution in [3.63, 3.8) is 0 Å². The smallest absolute Gasteiger partial charge is 0.271 e. The first-order valence-electron chi connectivity index (χ1n) is 10.2. The molecule has 3 aromatic rings. The van der Waals surface area contributed by atoms with Gasteiger partial charge in [0.05, 0.1) is 22.7 Å². The Bertz CT molecular complexity index is 1060. The summed E-state index contributed by atoms with van der Waals surface area (Å²) in [7, 11) is 1.63. The Morgan fingerprint density at radius 3 is 2.41 bits per heavy atom. The predicted octanol–water partition coefficient (Wildman–Crippen LogP) is 5.35. The molecule has 0 atom stereocenters. The Morgan fingerprint density at radius 2 is 1.72 bits per heavy atom. The number of nitrogens with zero attached hydrogens (tertiary/aromatic N) is 1. The van der Waals surface area contributed by atoms with E-state index in [1.165, 1.54) is 17.7 Å². The lowest BCUT2D eigenvalue weighted by atomic mass is 10.1. The number of nitro groups is 1. The zero-order valence-electron chi connectivity index (χ0n) is 18.1. The Balaban J connectivity index is 1.46. The van der Waals surface area contributed by atoms with E-state index in [0.717, 1.165) is 11.1 Å². The maximum atomic E-state index is 10.8. The van der Waals surface area contributed by atoms with Crippen molar-refractivity contribution in [2.24, 2.45) is 0 Å². The normalized spacial score (nSPS) is 10.6. The number of benzene rings is 3. The minimum absolute atomic E-state index is 0.0288. The summed E-state index contributed by atoms with van der Waals surface area (Å²) in [5.41, 5.74) is 4.02. The fourth-order valence-electron chi connectivity index (χ4n) is 3.07. The van der Waals surface area contributed by atoms with Crippen LogP contribution in [0.2, 0.25) is 5.02 Å². The highest BCUT2D eigenvalue weighted by molar-refractivity contribution is 6.33. The summed E-state index contributed by atoms with van der Waals surface area (Å²) < 4.78 is 11.4. The summed E-state index contributed by atoms with van der Waals surface area (Å²) in [5, 5.41) is 17.6. The molecule has 0 saturated carbocycles. The lowest BCUT2D eigenvalue weighted by Crippen LogP contribution is -2.21. The van der Waals surface area contributed by atoms with E-state index in [-0.39, 0.29) is 5.69 Å². The molecule has 8 heteroatoms. The second-order valence-electron chi connectivity index (χ2n) is 7.28. The van der Waals surface area contributed by atoms with Crippen LogP contribution in [0.1, 0.15) is 16.7 Å². The summed E-state index contributed by atoms with van der Waals surface area (Å²) in [4.78, 5) is 10.3. The largest absolute Gasteiger partial charge is 0.493 e. The molecule has 0 bridgehead atoms. The first-order valence-corrected chi connectivity index (χ1v) is 10.6. The van der Waals surface area contributed by atoms with Crippen molar-refractivity contribution >= 4 is 23.0 Å². The third kappa shape index (κ3) is 6.60. The van der Waals surface area contributed by atoms with Crippen LogP contribution in [-0.4, -0.2) is 25.1 Å². The van der Waals surface area contributed by atoms with Gasteiger partial charge in [0.15, 0.2) is 11.5 Å². The quantitative estimate of drug-likeness (QED) is 0.230. The highest BCUT2D eigenvalue weighted by Gasteiger charge is 2.09. The summed E-state index contributed by atoms with van der Waals surface area (Å²) in [6.07, 6.45) is 0. The van der Waals surface area contributed by atoms with Gasteiger partial charge < -0.3 is 20.1 Å². The highest BCUT2D eigenvalue weighted by atomic mass is 35.5. The van der Waals surface area contributed by atoms with Gasteiger partial charge in [-0.2, -0.15) is 0 Å². The molecule has 32 heavy (non-hydrogen) atoms. The van der Waals surface area contributed by atoms with Gasteiger partial charge >= 0.3 is 0 Å². The van der Waals surface area contributed by atoms with Gasteiger partial charge in [-0.3, -0.25) is 10.1 Å². The molecule has 3 aromatic carbocycles. The van der Waals surface area contributed by atoms with Gasteiger partial charge in [-0.05, 0) is 36.2 Å². The van der Waals surface area contributed by atoms with Gasteiger partial charge in [-0.25, -0.2) is 0 Å². The van der Waals surface area contributed by atoms with Crippen molar-refractivity contribution in [1.82, 2.24) is 5.32 Å². The summed E-state index contributed by atoms with van der Waals surface area (Å²) in [6, 6.07) is 18.5. The fraction of sp³-hybridized carbons (Fsp3) is 0.250. The van der Waals surface area contributed by atoms with Crippen molar-refractivity contribution in [2.45, 2.75) is 20.1 Å². The number of nitro benzene ring substituents is 1. The fourth-order valence-corrected chi connectivity index (χ4v) is 3.31. The van der Waals surface area contributed by atoms with Crippen LogP contribution < -0.4 is 20.1 Å². The lowest BCUT2D eigenvalue weighted by Gasteiger charge is -2.13. The van der Waals surface area contributed by atoms with E-state index in [2.05, 4.69) is 41.8 Å². The number of methoxy groups -OCH3 is 1. The van der Waals surface area contributed by atoms with Crippen LogP contribution in [0.3, 0.4) is 0 Å². The molecule has 3 rings (SSSR count). The van der Waals surface area contributed by atoms with Crippen molar-refractivity contribution in [3.8, 4) is 11.5 Å². The molecule has 0 saturated heterocycles. The molecule has 7 nitrogen and oxygen atoms in total. The molecule has 0 aliphatic heterocycles. The molecule has 0 radical (unpaired) electrons. The Kier molecular flexibility index (Phi) is 8.30. The molecule has 0 fully saturated rings.